The van der Waals surface area contributed by atoms with Crippen LogP contribution in [-0.4, -0.2) is 12.5 Å². The van der Waals surface area contributed by atoms with E-state index in [1.54, 1.807) is 11.1 Å². The summed E-state index contributed by atoms with van der Waals surface area (Å²) in [7, 11) is 0. The van der Waals surface area contributed by atoms with E-state index in [4.69, 9.17) is 4.84 Å². The van der Waals surface area contributed by atoms with Crippen LogP contribution in [0.4, 0.5) is 5.69 Å². The molecule has 2 aromatic carbocycles. The quantitative estimate of drug-likeness (QED) is 0.772. The molecule has 0 saturated carbocycles. The van der Waals surface area contributed by atoms with Gasteiger partial charge in [-0.3, -0.25) is 0 Å². The lowest BCUT2D eigenvalue weighted by molar-refractivity contribution is 0.0454. The summed E-state index contributed by atoms with van der Waals surface area (Å²) < 4.78 is 0. The van der Waals surface area contributed by atoms with Crippen LogP contribution < -0.4 is 5.06 Å². The molecule has 0 unspecified atom stereocenters. The highest BCUT2D eigenvalue weighted by Gasteiger charge is 2.15. The van der Waals surface area contributed by atoms with Gasteiger partial charge in [-0.2, -0.15) is 0 Å². The summed E-state index contributed by atoms with van der Waals surface area (Å²) in [6.07, 6.45) is 0.808. The molecule has 0 atom stereocenters. The molecule has 2 rings (SSSR count). The Bertz CT molecular complexity index is 566. The molecule has 104 valence electrons. The minimum Gasteiger partial charge on any atom is -0.335 e. The third kappa shape index (κ3) is 3.18. The molecule has 0 aliphatic heterocycles. The number of anilines is 1. The molecule has 0 heterocycles. The van der Waals surface area contributed by atoms with E-state index < -0.39 is 0 Å². The van der Waals surface area contributed by atoms with Crippen LogP contribution in [0, 0.1) is 0 Å². The first-order valence-corrected chi connectivity index (χ1v) is 6.89. The summed E-state index contributed by atoms with van der Waals surface area (Å²) in [6, 6.07) is 17.2. The Labute approximate surface area is 119 Å². The van der Waals surface area contributed by atoms with Gasteiger partial charge in [0.15, 0.2) is 0 Å². The molecule has 0 aliphatic rings. The molecular weight excluding hydrogens is 250 g/mol. The van der Waals surface area contributed by atoms with E-state index in [0.29, 0.717) is 12.1 Å². The zero-order valence-electron chi connectivity index (χ0n) is 11.9. The van der Waals surface area contributed by atoms with Crippen LogP contribution >= 0.6 is 0 Å². The predicted octanol–water partition coefficient (Wildman–Crippen LogP) is 3.85. The molecule has 3 heteroatoms. The number of aryl methyl sites for hydroxylation is 1. The fourth-order valence-electron chi connectivity index (χ4n) is 2.07. The Morgan fingerprint density at radius 1 is 1.00 bits per heavy atom. The number of rotatable bonds is 5. The Hall–Kier alpha value is -2.29. The van der Waals surface area contributed by atoms with Gasteiger partial charge in [0, 0.05) is 0 Å². The van der Waals surface area contributed by atoms with E-state index in [1.807, 2.05) is 62.4 Å². The molecule has 0 aromatic heterocycles. The maximum Gasteiger partial charge on any atom is 0.363 e. The average molecular weight is 269 g/mol. The lowest BCUT2D eigenvalue weighted by atomic mass is 10.1. The zero-order valence-corrected chi connectivity index (χ0v) is 11.9. The molecule has 0 N–H and O–H groups in total. The molecular formula is C17H19NO2. The molecule has 20 heavy (non-hydrogen) atoms. The minimum absolute atomic E-state index is 0.312. The van der Waals surface area contributed by atoms with E-state index in [2.05, 4.69) is 0 Å². The maximum atomic E-state index is 12.3. The van der Waals surface area contributed by atoms with Gasteiger partial charge in [0.2, 0.25) is 0 Å². The van der Waals surface area contributed by atoms with E-state index >= 15 is 0 Å². The van der Waals surface area contributed by atoms with E-state index in [1.165, 1.54) is 0 Å². The number of nitrogens with zero attached hydrogens (tertiary/aromatic N) is 1. The first-order valence-electron chi connectivity index (χ1n) is 6.89. The van der Waals surface area contributed by atoms with Crippen molar-refractivity contribution in [1.82, 2.24) is 0 Å². The van der Waals surface area contributed by atoms with Crippen LogP contribution in [0.5, 0.6) is 0 Å². The van der Waals surface area contributed by atoms with Crippen LogP contribution in [-0.2, 0) is 11.3 Å². The molecule has 0 spiro atoms. The number of carbonyl (C=O) groups excluding carboxylic acids is 1. The number of hydrogen-bond acceptors (Lipinski definition) is 3. The van der Waals surface area contributed by atoms with Gasteiger partial charge in [0.25, 0.3) is 0 Å². The number of hydroxylamine groups is 1. The summed E-state index contributed by atoms with van der Waals surface area (Å²) in [5, 5.41) is 1.61. The van der Waals surface area contributed by atoms with Crippen molar-refractivity contribution in [2.45, 2.75) is 20.3 Å². The first kappa shape index (κ1) is 14.1. The second-order valence-corrected chi connectivity index (χ2v) is 4.42. The fourth-order valence-corrected chi connectivity index (χ4v) is 2.07. The monoisotopic (exact) mass is 269 g/mol. The minimum atomic E-state index is -0.312. The highest BCUT2D eigenvalue weighted by Crippen LogP contribution is 2.17. The lowest BCUT2D eigenvalue weighted by Crippen LogP contribution is -2.27. The van der Waals surface area contributed by atoms with Crippen molar-refractivity contribution >= 4 is 11.7 Å². The molecule has 0 radical (unpaired) electrons. The highest BCUT2D eigenvalue weighted by atomic mass is 16.7. The van der Waals surface area contributed by atoms with E-state index in [0.717, 1.165) is 17.7 Å². The summed E-state index contributed by atoms with van der Waals surface area (Å²) in [6.45, 7) is 4.58. The maximum absolute atomic E-state index is 12.3. The zero-order chi connectivity index (χ0) is 14.4. The summed E-state index contributed by atoms with van der Waals surface area (Å²) >= 11 is 0. The second kappa shape index (κ2) is 6.75. The summed E-state index contributed by atoms with van der Waals surface area (Å²) in [4.78, 5) is 17.8. The standard InChI is InChI=1S/C17H19NO2/c1-3-14-10-8-9-13-16(14)17(19)20-18(4-2)15-11-6-5-7-12-15/h5-13H,3-4H2,1-2H3. The average Bonchev–Trinajstić information content (AvgIpc) is 2.53. The van der Waals surface area contributed by atoms with Gasteiger partial charge in [-0.25, -0.2) is 9.86 Å². The van der Waals surface area contributed by atoms with Crippen LogP contribution in [0.15, 0.2) is 54.6 Å². The van der Waals surface area contributed by atoms with Crippen LogP contribution in [0.3, 0.4) is 0 Å². The predicted molar refractivity (Wildman–Crippen MR) is 80.7 cm³/mol. The van der Waals surface area contributed by atoms with Gasteiger partial charge >= 0.3 is 5.97 Å². The van der Waals surface area contributed by atoms with Gasteiger partial charge in [-0.15, -0.1) is 0 Å². The molecule has 3 nitrogen and oxygen atoms in total. The molecule has 2 aromatic rings. The van der Waals surface area contributed by atoms with E-state index in [9.17, 15) is 4.79 Å². The smallest absolute Gasteiger partial charge is 0.335 e. The Balaban J connectivity index is 2.18. The third-order valence-corrected chi connectivity index (χ3v) is 3.14. The lowest BCUT2D eigenvalue weighted by Gasteiger charge is -2.22. The number of para-hydroxylation sites is 1. The third-order valence-electron chi connectivity index (χ3n) is 3.14. The van der Waals surface area contributed by atoms with Crippen molar-refractivity contribution in [2.24, 2.45) is 0 Å². The topological polar surface area (TPSA) is 29.5 Å². The van der Waals surface area contributed by atoms with Crippen molar-refractivity contribution in [3.63, 3.8) is 0 Å². The Morgan fingerprint density at radius 3 is 2.30 bits per heavy atom. The summed E-state index contributed by atoms with van der Waals surface area (Å²) in [5.41, 5.74) is 2.50. The number of benzene rings is 2. The molecule has 0 bridgehead atoms. The van der Waals surface area contributed by atoms with Crippen molar-refractivity contribution in [1.29, 1.82) is 0 Å². The van der Waals surface area contributed by atoms with E-state index in [-0.39, 0.29) is 5.97 Å². The number of carbonyl (C=O) groups is 1. The van der Waals surface area contributed by atoms with Crippen LogP contribution in [0.25, 0.3) is 0 Å². The van der Waals surface area contributed by atoms with Crippen molar-refractivity contribution in [3.8, 4) is 0 Å². The largest absolute Gasteiger partial charge is 0.363 e. The van der Waals surface area contributed by atoms with Gasteiger partial charge in [-0.05, 0) is 37.1 Å². The fraction of sp³-hybridized carbons (Fsp3) is 0.235. The molecule has 0 fully saturated rings. The molecule has 0 saturated heterocycles. The molecule has 0 aliphatic carbocycles. The first-order chi connectivity index (χ1) is 9.76. The van der Waals surface area contributed by atoms with Gasteiger partial charge in [-0.1, -0.05) is 43.3 Å². The Kier molecular flexibility index (Phi) is 4.77. The Morgan fingerprint density at radius 2 is 1.65 bits per heavy atom. The highest BCUT2D eigenvalue weighted by molar-refractivity contribution is 5.91. The van der Waals surface area contributed by atoms with Crippen LogP contribution in [0.1, 0.15) is 29.8 Å². The van der Waals surface area contributed by atoms with Crippen molar-refractivity contribution in [3.05, 3.63) is 65.7 Å². The van der Waals surface area contributed by atoms with Crippen molar-refractivity contribution < 1.29 is 9.63 Å². The normalized spacial score (nSPS) is 10.1. The second-order valence-electron chi connectivity index (χ2n) is 4.42. The SMILES string of the molecule is CCc1ccccc1C(=O)ON(CC)c1ccccc1. The van der Waals surface area contributed by atoms with Crippen LogP contribution in [0.2, 0.25) is 0 Å². The summed E-state index contributed by atoms with van der Waals surface area (Å²) in [5.74, 6) is -0.312. The molecule has 0 amide bonds. The van der Waals surface area contributed by atoms with Crippen molar-refractivity contribution in [2.75, 3.05) is 11.6 Å². The van der Waals surface area contributed by atoms with Gasteiger partial charge in [0.1, 0.15) is 0 Å². The van der Waals surface area contributed by atoms with Gasteiger partial charge in [0.05, 0.1) is 17.8 Å². The number of hydrogen-bond donors (Lipinski definition) is 0. The van der Waals surface area contributed by atoms with Gasteiger partial charge < -0.3 is 4.84 Å².